The van der Waals surface area contributed by atoms with Crippen LogP contribution in [0.15, 0.2) is 11.4 Å². The van der Waals surface area contributed by atoms with Gasteiger partial charge < -0.3 is 0 Å². The molecule has 10 heavy (non-hydrogen) atoms. The van der Waals surface area contributed by atoms with Crippen LogP contribution >= 0.6 is 22.9 Å². The van der Waals surface area contributed by atoms with E-state index in [0.717, 1.165) is 4.88 Å². The van der Waals surface area contributed by atoms with Crippen LogP contribution in [0.3, 0.4) is 0 Å². The molecule has 0 bridgehead atoms. The highest BCUT2D eigenvalue weighted by Gasteiger charge is 2.07. The highest BCUT2D eigenvalue weighted by atomic mass is 35.5. The Balaban J connectivity index is 3.05. The van der Waals surface area contributed by atoms with Gasteiger partial charge in [-0.15, -0.1) is 22.9 Å². The number of hydrogen-bond donors (Lipinski definition) is 0. The molecule has 1 atom stereocenters. The van der Waals surface area contributed by atoms with Gasteiger partial charge >= 0.3 is 0 Å². The molecule has 0 saturated carbocycles. The van der Waals surface area contributed by atoms with E-state index in [-0.39, 0.29) is 5.38 Å². The molecule has 1 heterocycles. The van der Waals surface area contributed by atoms with Gasteiger partial charge in [0, 0.05) is 4.88 Å². The highest BCUT2D eigenvalue weighted by Crippen LogP contribution is 2.27. The molecule has 0 amide bonds. The molecule has 0 N–H and O–H groups in total. The maximum absolute atomic E-state index is 8.55. The van der Waals surface area contributed by atoms with Gasteiger partial charge in [-0.2, -0.15) is 5.26 Å². The Morgan fingerprint density at radius 2 is 2.50 bits per heavy atom. The third kappa shape index (κ3) is 1.31. The molecule has 0 radical (unpaired) electrons. The van der Waals surface area contributed by atoms with E-state index in [1.165, 1.54) is 11.3 Å². The molecule has 0 spiro atoms. The molecule has 0 aliphatic heterocycles. The Bertz CT molecular complexity index is 259. The van der Waals surface area contributed by atoms with Crippen molar-refractivity contribution in [3.05, 3.63) is 21.9 Å². The van der Waals surface area contributed by atoms with Crippen molar-refractivity contribution in [2.75, 3.05) is 0 Å². The maximum atomic E-state index is 8.55. The minimum Gasteiger partial charge on any atom is -0.192 e. The number of rotatable bonds is 1. The molecule has 0 aliphatic rings. The van der Waals surface area contributed by atoms with Crippen LogP contribution in [-0.2, 0) is 0 Å². The minimum atomic E-state index is -0.0466. The van der Waals surface area contributed by atoms with Crippen molar-refractivity contribution in [1.82, 2.24) is 0 Å². The quantitative estimate of drug-likeness (QED) is 0.596. The Hall–Kier alpha value is -0.520. The summed E-state index contributed by atoms with van der Waals surface area (Å²) >= 11 is 7.32. The molecule has 1 nitrogen and oxygen atoms in total. The topological polar surface area (TPSA) is 23.8 Å². The zero-order chi connectivity index (χ0) is 7.56. The first kappa shape index (κ1) is 7.59. The Kier molecular flexibility index (Phi) is 2.31. The molecular formula is C7H6ClNS. The van der Waals surface area contributed by atoms with Crippen molar-refractivity contribution in [2.45, 2.75) is 12.3 Å². The SMILES string of the molecule is CC(Cl)c1sccc1C#N. The van der Waals surface area contributed by atoms with Gasteiger partial charge in [0.25, 0.3) is 0 Å². The van der Waals surface area contributed by atoms with E-state index in [2.05, 4.69) is 6.07 Å². The summed E-state index contributed by atoms with van der Waals surface area (Å²) in [4.78, 5) is 0.962. The molecule has 1 unspecified atom stereocenters. The summed E-state index contributed by atoms with van der Waals surface area (Å²) in [6.07, 6.45) is 0. The molecule has 1 aromatic heterocycles. The van der Waals surface area contributed by atoms with Crippen molar-refractivity contribution in [1.29, 1.82) is 5.26 Å². The fraction of sp³-hybridized carbons (Fsp3) is 0.286. The number of hydrogen-bond acceptors (Lipinski definition) is 2. The van der Waals surface area contributed by atoms with Crippen LogP contribution in [0.5, 0.6) is 0 Å². The van der Waals surface area contributed by atoms with Gasteiger partial charge in [-0.1, -0.05) is 0 Å². The summed E-state index contributed by atoms with van der Waals surface area (Å²) in [5.41, 5.74) is 0.701. The Morgan fingerprint density at radius 3 is 2.90 bits per heavy atom. The number of nitriles is 1. The largest absolute Gasteiger partial charge is 0.192 e. The second-order valence-corrected chi connectivity index (χ2v) is 3.53. The predicted molar refractivity (Wildman–Crippen MR) is 43.3 cm³/mol. The van der Waals surface area contributed by atoms with Gasteiger partial charge in [-0.25, -0.2) is 0 Å². The zero-order valence-electron chi connectivity index (χ0n) is 5.47. The van der Waals surface area contributed by atoms with Crippen molar-refractivity contribution < 1.29 is 0 Å². The second kappa shape index (κ2) is 3.05. The molecule has 3 heteroatoms. The molecular weight excluding hydrogens is 166 g/mol. The first-order valence-corrected chi connectivity index (χ1v) is 4.19. The van der Waals surface area contributed by atoms with Crippen LogP contribution in [-0.4, -0.2) is 0 Å². The van der Waals surface area contributed by atoms with E-state index in [1.54, 1.807) is 6.07 Å². The number of halogens is 1. The van der Waals surface area contributed by atoms with Crippen LogP contribution in [0, 0.1) is 11.3 Å². The summed E-state index contributed by atoms with van der Waals surface area (Å²) in [5, 5.41) is 10.4. The second-order valence-electron chi connectivity index (χ2n) is 1.93. The summed E-state index contributed by atoms with van der Waals surface area (Å²) < 4.78 is 0. The average Bonchev–Trinajstić information content (AvgIpc) is 2.33. The molecule has 1 rings (SSSR count). The predicted octanol–water partition coefficient (Wildman–Crippen LogP) is 2.92. The van der Waals surface area contributed by atoms with Gasteiger partial charge in [-0.05, 0) is 18.4 Å². The fourth-order valence-electron chi connectivity index (χ4n) is 0.721. The van der Waals surface area contributed by atoms with Crippen LogP contribution in [0.2, 0.25) is 0 Å². The summed E-state index contributed by atoms with van der Waals surface area (Å²) in [7, 11) is 0. The minimum absolute atomic E-state index is 0.0466. The van der Waals surface area contributed by atoms with Crippen molar-refractivity contribution in [3.63, 3.8) is 0 Å². The number of nitrogens with zero attached hydrogens (tertiary/aromatic N) is 1. The smallest absolute Gasteiger partial charge is 0.100 e. The number of thiophene rings is 1. The van der Waals surface area contributed by atoms with E-state index in [4.69, 9.17) is 16.9 Å². The lowest BCUT2D eigenvalue weighted by Gasteiger charge is -1.96. The lowest BCUT2D eigenvalue weighted by Crippen LogP contribution is -1.80. The summed E-state index contributed by atoms with van der Waals surface area (Å²) in [6.45, 7) is 1.87. The van der Waals surface area contributed by atoms with E-state index in [1.807, 2.05) is 12.3 Å². The van der Waals surface area contributed by atoms with Crippen LogP contribution in [0.1, 0.15) is 22.7 Å². The molecule has 1 aromatic rings. The molecule has 0 aromatic carbocycles. The maximum Gasteiger partial charge on any atom is 0.100 e. The van der Waals surface area contributed by atoms with E-state index < -0.39 is 0 Å². The van der Waals surface area contributed by atoms with Gasteiger partial charge in [0.15, 0.2) is 0 Å². The van der Waals surface area contributed by atoms with Crippen molar-refractivity contribution in [2.24, 2.45) is 0 Å². The van der Waals surface area contributed by atoms with Crippen LogP contribution in [0.4, 0.5) is 0 Å². The summed E-state index contributed by atoms with van der Waals surface area (Å²) in [5.74, 6) is 0. The van der Waals surface area contributed by atoms with Crippen LogP contribution < -0.4 is 0 Å². The number of alkyl halides is 1. The van der Waals surface area contributed by atoms with Crippen molar-refractivity contribution in [3.8, 4) is 6.07 Å². The van der Waals surface area contributed by atoms with E-state index in [0.29, 0.717) is 5.56 Å². The van der Waals surface area contributed by atoms with E-state index in [9.17, 15) is 0 Å². The van der Waals surface area contributed by atoms with Gasteiger partial charge in [-0.3, -0.25) is 0 Å². The first-order valence-electron chi connectivity index (χ1n) is 2.87. The first-order chi connectivity index (χ1) is 4.75. The zero-order valence-corrected chi connectivity index (χ0v) is 7.04. The lowest BCUT2D eigenvalue weighted by atomic mass is 10.2. The Morgan fingerprint density at radius 1 is 1.80 bits per heavy atom. The molecule has 0 saturated heterocycles. The fourth-order valence-corrected chi connectivity index (χ4v) is 1.77. The Labute approximate surface area is 68.9 Å². The van der Waals surface area contributed by atoms with Crippen LogP contribution in [0.25, 0.3) is 0 Å². The molecule has 0 aliphatic carbocycles. The van der Waals surface area contributed by atoms with Gasteiger partial charge in [0.2, 0.25) is 0 Å². The summed E-state index contributed by atoms with van der Waals surface area (Å²) in [6, 6.07) is 3.87. The average molecular weight is 172 g/mol. The monoisotopic (exact) mass is 171 g/mol. The van der Waals surface area contributed by atoms with Gasteiger partial charge in [0.1, 0.15) is 6.07 Å². The normalized spacial score (nSPS) is 12.5. The van der Waals surface area contributed by atoms with E-state index >= 15 is 0 Å². The third-order valence-electron chi connectivity index (χ3n) is 1.18. The standard InChI is InChI=1S/C7H6ClNS/c1-5(8)7-6(4-9)2-3-10-7/h2-3,5H,1H3. The lowest BCUT2D eigenvalue weighted by molar-refractivity contribution is 1.12. The molecule has 52 valence electrons. The van der Waals surface area contributed by atoms with Gasteiger partial charge in [0.05, 0.1) is 10.9 Å². The van der Waals surface area contributed by atoms with Crippen molar-refractivity contribution >= 4 is 22.9 Å². The molecule has 0 fully saturated rings. The highest BCUT2D eigenvalue weighted by molar-refractivity contribution is 7.10. The third-order valence-corrected chi connectivity index (χ3v) is 2.62.